The van der Waals surface area contributed by atoms with E-state index in [9.17, 15) is 9.59 Å². The van der Waals surface area contributed by atoms with Crippen LogP contribution in [0.4, 0.5) is 4.79 Å². The van der Waals surface area contributed by atoms with Gasteiger partial charge in [0.2, 0.25) is 0 Å². The van der Waals surface area contributed by atoms with E-state index in [1.807, 2.05) is 0 Å². The Morgan fingerprint density at radius 1 is 1.25 bits per heavy atom. The largest absolute Gasteiger partial charge is 0.481 e. The molecule has 1 N–H and O–H groups in total. The van der Waals surface area contributed by atoms with E-state index in [0.29, 0.717) is 19.7 Å². The van der Waals surface area contributed by atoms with Crippen molar-refractivity contribution in [2.75, 3.05) is 53.0 Å². The lowest BCUT2D eigenvalue weighted by molar-refractivity contribution is -0.142. The SMILES string of the molecule is CCN1CCN(C(=O)N(C)C2COCC2C(=O)O)CC1. The molecule has 0 aliphatic carbocycles. The van der Waals surface area contributed by atoms with Crippen molar-refractivity contribution >= 4 is 12.0 Å². The van der Waals surface area contributed by atoms with E-state index < -0.39 is 11.9 Å². The molecule has 2 saturated heterocycles. The van der Waals surface area contributed by atoms with Crippen molar-refractivity contribution < 1.29 is 19.4 Å². The minimum absolute atomic E-state index is 0.0949. The molecule has 2 heterocycles. The fraction of sp³-hybridized carbons (Fsp3) is 0.846. The lowest BCUT2D eigenvalue weighted by Gasteiger charge is -2.38. The monoisotopic (exact) mass is 285 g/mol. The average molecular weight is 285 g/mol. The van der Waals surface area contributed by atoms with E-state index in [1.165, 1.54) is 4.90 Å². The van der Waals surface area contributed by atoms with E-state index in [4.69, 9.17) is 9.84 Å². The number of ether oxygens (including phenoxy) is 1. The quantitative estimate of drug-likeness (QED) is 0.776. The number of piperazine rings is 1. The Labute approximate surface area is 119 Å². The van der Waals surface area contributed by atoms with E-state index in [2.05, 4.69) is 11.8 Å². The number of carboxylic acids is 1. The summed E-state index contributed by atoms with van der Waals surface area (Å²) in [6, 6.07) is -0.466. The minimum atomic E-state index is -0.900. The van der Waals surface area contributed by atoms with Gasteiger partial charge in [0.1, 0.15) is 5.92 Å². The van der Waals surface area contributed by atoms with Crippen LogP contribution in [0.2, 0.25) is 0 Å². The van der Waals surface area contributed by atoms with Crippen molar-refractivity contribution in [3.05, 3.63) is 0 Å². The molecule has 2 fully saturated rings. The van der Waals surface area contributed by atoms with Crippen molar-refractivity contribution in [3.63, 3.8) is 0 Å². The molecule has 0 spiro atoms. The highest BCUT2D eigenvalue weighted by Crippen LogP contribution is 2.20. The Kier molecular flexibility index (Phi) is 4.82. The van der Waals surface area contributed by atoms with Gasteiger partial charge < -0.3 is 24.5 Å². The van der Waals surface area contributed by atoms with Gasteiger partial charge in [-0.25, -0.2) is 4.79 Å². The molecule has 0 bridgehead atoms. The maximum atomic E-state index is 12.4. The zero-order chi connectivity index (χ0) is 14.7. The van der Waals surface area contributed by atoms with Gasteiger partial charge in [0.25, 0.3) is 0 Å². The maximum Gasteiger partial charge on any atom is 0.320 e. The van der Waals surface area contributed by atoms with Crippen molar-refractivity contribution in [2.24, 2.45) is 5.92 Å². The number of carbonyl (C=O) groups is 2. The van der Waals surface area contributed by atoms with Crippen molar-refractivity contribution in [2.45, 2.75) is 13.0 Å². The summed E-state index contributed by atoms with van der Waals surface area (Å²) < 4.78 is 5.22. The summed E-state index contributed by atoms with van der Waals surface area (Å²) >= 11 is 0. The third-order valence-electron chi connectivity index (χ3n) is 4.26. The fourth-order valence-electron chi connectivity index (χ4n) is 2.78. The van der Waals surface area contributed by atoms with Gasteiger partial charge in [-0.15, -0.1) is 0 Å². The summed E-state index contributed by atoms with van der Waals surface area (Å²) in [5, 5.41) is 9.15. The molecule has 0 saturated carbocycles. The molecule has 7 nitrogen and oxygen atoms in total. The fourth-order valence-corrected chi connectivity index (χ4v) is 2.78. The van der Waals surface area contributed by atoms with Gasteiger partial charge in [-0.2, -0.15) is 0 Å². The molecule has 0 aromatic rings. The number of urea groups is 1. The molecule has 0 aromatic heterocycles. The Balaban J connectivity index is 1.93. The molecule has 7 heteroatoms. The minimum Gasteiger partial charge on any atom is -0.481 e. The van der Waals surface area contributed by atoms with Crippen LogP contribution in [0, 0.1) is 5.92 Å². The Morgan fingerprint density at radius 3 is 2.45 bits per heavy atom. The molecule has 2 atom stereocenters. The van der Waals surface area contributed by atoms with Crippen LogP contribution in [0.1, 0.15) is 6.92 Å². The van der Waals surface area contributed by atoms with E-state index in [-0.39, 0.29) is 18.7 Å². The second-order valence-corrected chi connectivity index (χ2v) is 5.36. The number of rotatable bonds is 3. The van der Waals surface area contributed by atoms with E-state index >= 15 is 0 Å². The number of carbonyl (C=O) groups excluding carboxylic acids is 1. The van der Waals surface area contributed by atoms with Crippen LogP contribution in [0.5, 0.6) is 0 Å². The third-order valence-corrected chi connectivity index (χ3v) is 4.26. The van der Waals surface area contributed by atoms with Gasteiger partial charge in [0, 0.05) is 33.2 Å². The summed E-state index contributed by atoms with van der Waals surface area (Å²) in [5.41, 5.74) is 0. The van der Waals surface area contributed by atoms with Crippen molar-refractivity contribution in [3.8, 4) is 0 Å². The molecule has 2 rings (SSSR count). The third kappa shape index (κ3) is 3.04. The predicted molar refractivity (Wildman–Crippen MR) is 72.6 cm³/mol. The lowest BCUT2D eigenvalue weighted by Crippen LogP contribution is -2.55. The zero-order valence-electron chi connectivity index (χ0n) is 12.1. The van der Waals surface area contributed by atoms with Crippen LogP contribution in [-0.4, -0.2) is 90.8 Å². The zero-order valence-corrected chi connectivity index (χ0v) is 12.1. The number of nitrogens with zero attached hydrogens (tertiary/aromatic N) is 3. The first-order valence-electron chi connectivity index (χ1n) is 7.09. The van der Waals surface area contributed by atoms with Gasteiger partial charge >= 0.3 is 12.0 Å². The highest BCUT2D eigenvalue weighted by atomic mass is 16.5. The first kappa shape index (κ1) is 15.1. The lowest BCUT2D eigenvalue weighted by atomic mass is 10.0. The molecule has 2 aliphatic heterocycles. The first-order chi connectivity index (χ1) is 9.54. The molecular weight excluding hydrogens is 262 g/mol. The van der Waals surface area contributed by atoms with E-state index in [0.717, 1.165) is 19.6 Å². The first-order valence-corrected chi connectivity index (χ1v) is 7.09. The second kappa shape index (κ2) is 6.41. The molecular formula is C13H23N3O4. The van der Waals surface area contributed by atoms with Crippen LogP contribution < -0.4 is 0 Å². The Morgan fingerprint density at radius 2 is 1.90 bits per heavy atom. The van der Waals surface area contributed by atoms with Gasteiger partial charge in [0.15, 0.2) is 0 Å². The highest BCUT2D eigenvalue weighted by Gasteiger charge is 2.39. The molecule has 2 aliphatic rings. The predicted octanol–water partition coefficient (Wildman–Crippen LogP) is -0.225. The smallest absolute Gasteiger partial charge is 0.320 e. The van der Waals surface area contributed by atoms with Gasteiger partial charge in [-0.3, -0.25) is 4.79 Å². The summed E-state index contributed by atoms with van der Waals surface area (Å²) in [7, 11) is 1.67. The number of aliphatic carboxylic acids is 1. The number of amides is 2. The summed E-state index contributed by atoms with van der Waals surface area (Å²) in [4.78, 5) is 29.2. The van der Waals surface area contributed by atoms with Crippen molar-refractivity contribution in [1.29, 1.82) is 0 Å². The second-order valence-electron chi connectivity index (χ2n) is 5.36. The highest BCUT2D eigenvalue weighted by molar-refractivity contribution is 5.77. The van der Waals surface area contributed by atoms with Crippen molar-refractivity contribution in [1.82, 2.24) is 14.7 Å². The molecule has 0 radical (unpaired) electrons. The molecule has 20 heavy (non-hydrogen) atoms. The number of hydrogen-bond acceptors (Lipinski definition) is 4. The average Bonchev–Trinajstić information content (AvgIpc) is 2.95. The van der Waals surface area contributed by atoms with Crippen LogP contribution in [-0.2, 0) is 9.53 Å². The molecule has 0 aromatic carbocycles. The maximum absolute atomic E-state index is 12.4. The number of hydrogen-bond donors (Lipinski definition) is 1. The summed E-state index contributed by atoms with van der Waals surface area (Å²) in [6.45, 7) is 6.73. The van der Waals surface area contributed by atoms with Gasteiger partial charge in [-0.05, 0) is 6.54 Å². The van der Waals surface area contributed by atoms with Crippen LogP contribution in [0.3, 0.4) is 0 Å². The molecule has 114 valence electrons. The number of carboxylic acid groups (broad SMARTS) is 1. The van der Waals surface area contributed by atoms with Crippen LogP contribution in [0.25, 0.3) is 0 Å². The topological polar surface area (TPSA) is 73.3 Å². The van der Waals surface area contributed by atoms with Gasteiger partial charge in [0.05, 0.1) is 19.3 Å². The Hall–Kier alpha value is -1.34. The Bertz CT molecular complexity index is 369. The molecule has 2 amide bonds. The standard InChI is InChI=1S/C13H23N3O4/c1-3-15-4-6-16(7-5-15)13(19)14(2)11-9-20-8-10(11)12(17)18/h10-11H,3-9H2,1-2H3,(H,17,18). The molecule has 2 unspecified atom stereocenters. The van der Waals surface area contributed by atoms with Crippen LogP contribution >= 0.6 is 0 Å². The summed E-state index contributed by atoms with van der Waals surface area (Å²) in [6.07, 6.45) is 0. The van der Waals surface area contributed by atoms with Crippen LogP contribution in [0.15, 0.2) is 0 Å². The summed E-state index contributed by atoms with van der Waals surface area (Å²) in [5.74, 6) is -1.52. The normalized spacial score (nSPS) is 27.6. The van der Waals surface area contributed by atoms with E-state index in [1.54, 1.807) is 11.9 Å². The van der Waals surface area contributed by atoms with Gasteiger partial charge in [-0.1, -0.05) is 6.92 Å². The number of likely N-dealkylation sites (N-methyl/N-ethyl adjacent to an activating group) is 2.